The molecule has 1 aromatic rings. The van der Waals surface area contributed by atoms with Gasteiger partial charge in [0.2, 0.25) is 15.9 Å². The average Bonchev–Trinajstić information content (AvgIpc) is 2.38. The fraction of sp³-hybridized carbons (Fsp3) is 0.500. The molecule has 1 atom stereocenters. The Kier molecular flexibility index (Phi) is 6.38. The lowest BCUT2D eigenvalue weighted by molar-refractivity contribution is -0.121. The Morgan fingerprint density at radius 1 is 1.50 bits per heavy atom. The van der Waals surface area contributed by atoms with E-state index in [0.29, 0.717) is 0 Å². The predicted molar refractivity (Wildman–Crippen MR) is 76.9 cm³/mol. The lowest BCUT2D eigenvalue weighted by Gasteiger charge is -2.11. The molecule has 1 aromatic heterocycles. The molecule has 20 heavy (non-hydrogen) atoms. The Hall–Kier alpha value is -1.18. The third-order valence-electron chi connectivity index (χ3n) is 2.69. The van der Waals surface area contributed by atoms with Crippen LogP contribution >= 0.6 is 11.6 Å². The van der Waals surface area contributed by atoms with Crippen LogP contribution in [0.25, 0.3) is 0 Å². The number of carbonyl (C=O) groups excluding carboxylic acids is 1. The molecule has 0 radical (unpaired) electrons. The molecule has 0 aliphatic carbocycles. The molecule has 0 bridgehead atoms. The van der Waals surface area contributed by atoms with Crippen LogP contribution in [-0.2, 0) is 14.8 Å². The zero-order valence-electron chi connectivity index (χ0n) is 11.4. The Balaban J connectivity index is 2.53. The Labute approximate surface area is 124 Å². The standard InChI is InChI=1S/C12H18ClN3O3S/c1-3-9(2)16-12(17)5-7-15-20(18,19)11-8-14-6-4-10(11)13/h4,6,8-9,15H,3,5,7H2,1-2H3,(H,16,17). The van der Waals surface area contributed by atoms with E-state index in [9.17, 15) is 13.2 Å². The van der Waals surface area contributed by atoms with Gasteiger partial charge < -0.3 is 5.32 Å². The van der Waals surface area contributed by atoms with Gasteiger partial charge in [-0.25, -0.2) is 13.1 Å². The number of amides is 1. The number of sulfonamides is 1. The smallest absolute Gasteiger partial charge is 0.243 e. The molecule has 112 valence electrons. The molecule has 0 spiro atoms. The summed E-state index contributed by atoms with van der Waals surface area (Å²) in [5, 5.41) is 2.85. The molecule has 0 saturated heterocycles. The first kappa shape index (κ1) is 16.9. The van der Waals surface area contributed by atoms with Crippen LogP contribution in [0.15, 0.2) is 23.4 Å². The van der Waals surface area contributed by atoms with Crippen LogP contribution in [-0.4, -0.2) is 31.9 Å². The zero-order valence-corrected chi connectivity index (χ0v) is 13.0. The number of aromatic nitrogens is 1. The summed E-state index contributed by atoms with van der Waals surface area (Å²) in [7, 11) is -3.75. The number of carbonyl (C=O) groups is 1. The Bertz CT molecular complexity index is 563. The van der Waals surface area contributed by atoms with Crippen molar-refractivity contribution in [2.45, 2.75) is 37.6 Å². The van der Waals surface area contributed by atoms with Crippen molar-refractivity contribution >= 4 is 27.5 Å². The molecular formula is C12H18ClN3O3S. The number of rotatable bonds is 7. The molecule has 1 amide bonds. The van der Waals surface area contributed by atoms with Crippen molar-refractivity contribution in [2.75, 3.05) is 6.54 Å². The van der Waals surface area contributed by atoms with E-state index in [4.69, 9.17) is 11.6 Å². The molecule has 1 heterocycles. The normalized spacial score (nSPS) is 12.9. The Morgan fingerprint density at radius 2 is 2.20 bits per heavy atom. The fourth-order valence-corrected chi connectivity index (χ4v) is 2.85. The van der Waals surface area contributed by atoms with Gasteiger partial charge in [0.15, 0.2) is 0 Å². The first-order valence-electron chi connectivity index (χ1n) is 6.25. The maximum absolute atomic E-state index is 11.9. The number of nitrogens with one attached hydrogen (secondary N) is 2. The summed E-state index contributed by atoms with van der Waals surface area (Å²) in [6.45, 7) is 3.85. The van der Waals surface area contributed by atoms with Crippen molar-refractivity contribution in [3.05, 3.63) is 23.5 Å². The topological polar surface area (TPSA) is 88.2 Å². The van der Waals surface area contributed by atoms with Crippen molar-refractivity contribution in [1.29, 1.82) is 0 Å². The summed E-state index contributed by atoms with van der Waals surface area (Å²) < 4.78 is 26.2. The highest BCUT2D eigenvalue weighted by Gasteiger charge is 2.18. The number of pyridine rings is 1. The van der Waals surface area contributed by atoms with Crippen LogP contribution in [0.1, 0.15) is 26.7 Å². The summed E-state index contributed by atoms with van der Waals surface area (Å²) in [6, 6.07) is 1.47. The van der Waals surface area contributed by atoms with Gasteiger partial charge in [0.1, 0.15) is 4.90 Å². The number of hydrogen-bond acceptors (Lipinski definition) is 4. The van der Waals surface area contributed by atoms with Gasteiger partial charge in [-0.15, -0.1) is 0 Å². The van der Waals surface area contributed by atoms with E-state index in [0.717, 1.165) is 6.42 Å². The van der Waals surface area contributed by atoms with Crippen molar-refractivity contribution in [3.63, 3.8) is 0 Å². The average molecular weight is 320 g/mol. The summed E-state index contributed by atoms with van der Waals surface area (Å²) in [5.74, 6) is -0.195. The van der Waals surface area contributed by atoms with Crippen molar-refractivity contribution < 1.29 is 13.2 Å². The van der Waals surface area contributed by atoms with Crippen molar-refractivity contribution in [2.24, 2.45) is 0 Å². The van der Waals surface area contributed by atoms with Crippen LogP contribution in [0.4, 0.5) is 0 Å². The maximum Gasteiger partial charge on any atom is 0.243 e. The molecule has 0 aliphatic heterocycles. The lowest BCUT2D eigenvalue weighted by Crippen LogP contribution is -2.35. The monoisotopic (exact) mass is 319 g/mol. The van der Waals surface area contributed by atoms with Crippen LogP contribution in [0, 0.1) is 0 Å². The van der Waals surface area contributed by atoms with E-state index in [1.165, 1.54) is 18.5 Å². The molecule has 1 rings (SSSR count). The molecule has 6 nitrogen and oxygen atoms in total. The molecule has 0 aromatic carbocycles. The van der Waals surface area contributed by atoms with Gasteiger partial charge in [0.05, 0.1) is 5.02 Å². The van der Waals surface area contributed by atoms with Gasteiger partial charge in [-0.2, -0.15) is 0 Å². The van der Waals surface area contributed by atoms with E-state index in [2.05, 4.69) is 15.0 Å². The summed E-state index contributed by atoms with van der Waals surface area (Å²) in [4.78, 5) is 15.1. The van der Waals surface area contributed by atoms with Gasteiger partial charge in [-0.3, -0.25) is 9.78 Å². The third-order valence-corrected chi connectivity index (χ3v) is 4.62. The number of hydrogen-bond donors (Lipinski definition) is 2. The minimum absolute atomic E-state index is 0.00975. The van der Waals surface area contributed by atoms with Gasteiger partial charge in [-0.05, 0) is 19.4 Å². The fourth-order valence-electron chi connectivity index (χ4n) is 1.39. The van der Waals surface area contributed by atoms with E-state index in [1.807, 2.05) is 13.8 Å². The molecule has 8 heteroatoms. The van der Waals surface area contributed by atoms with Crippen LogP contribution in [0.5, 0.6) is 0 Å². The molecule has 0 saturated carbocycles. The molecule has 0 aliphatic rings. The Morgan fingerprint density at radius 3 is 2.80 bits per heavy atom. The van der Waals surface area contributed by atoms with Crippen LogP contribution < -0.4 is 10.0 Å². The molecule has 0 fully saturated rings. The van der Waals surface area contributed by atoms with E-state index >= 15 is 0 Å². The highest BCUT2D eigenvalue weighted by Crippen LogP contribution is 2.18. The zero-order chi connectivity index (χ0) is 15.2. The second-order valence-electron chi connectivity index (χ2n) is 4.33. The lowest BCUT2D eigenvalue weighted by atomic mass is 10.2. The first-order valence-corrected chi connectivity index (χ1v) is 8.11. The minimum Gasteiger partial charge on any atom is -0.354 e. The van der Waals surface area contributed by atoms with Crippen LogP contribution in [0.2, 0.25) is 5.02 Å². The highest BCUT2D eigenvalue weighted by atomic mass is 35.5. The van der Waals surface area contributed by atoms with E-state index in [-0.39, 0.29) is 34.8 Å². The summed E-state index contributed by atoms with van der Waals surface area (Å²) in [6.07, 6.45) is 3.47. The van der Waals surface area contributed by atoms with Crippen LogP contribution in [0.3, 0.4) is 0 Å². The summed E-state index contributed by atoms with van der Waals surface area (Å²) in [5.41, 5.74) is 0. The minimum atomic E-state index is -3.75. The second-order valence-corrected chi connectivity index (χ2v) is 6.47. The predicted octanol–water partition coefficient (Wildman–Crippen LogP) is 1.32. The number of halogens is 1. The molecular weight excluding hydrogens is 302 g/mol. The summed E-state index contributed by atoms with van der Waals surface area (Å²) >= 11 is 5.80. The van der Waals surface area contributed by atoms with Gasteiger partial charge in [0, 0.05) is 31.4 Å². The van der Waals surface area contributed by atoms with Gasteiger partial charge >= 0.3 is 0 Å². The largest absolute Gasteiger partial charge is 0.354 e. The molecule has 1 unspecified atom stereocenters. The molecule has 2 N–H and O–H groups in total. The first-order chi connectivity index (χ1) is 9.36. The van der Waals surface area contributed by atoms with E-state index < -0.39 is 10.0 Å². The van der Waals surface area contributed by atoms with Gasteiger partial charge in [0.25, 0.3) is 0 Å². The quantitative estimate of drug-likeness (QED) is 0.793. The second kappa shape index (κ2) is 7.56. The van der Waals surface area contributed by atoms with Crippen molar-refractivity contribution in [1.82, 2.24) is 15.0 Å². The maximum atomic E-state index is 11.9. The van der Waals surface area contributed by atoms with Crippen molar-refractivity contribution in [3.8, 4) is 0 Å². The SMILES string of the molecule is CCC(C)NC(=O)CCNS(=O)(=O)c1cnccc1Cl. The number of nitrogens with zero attached hydrogens (tertiary/aromatic N) is 1. The highest BCUT2D eigenvalue weighted by molar-refractivity contribution is 7.89. The van der Waals surface area contributed by atoms with Gasteiger partial charge in [-0.1, -0.05) is 18.5 Å². The third kappa shape index (κ3) is 5.07. The van der Waals surface area contributed by atoms with E-state index in [1.54, 1.807) is 0 Å².